The van der Waals surface area contributed by atoms with E-state index in [1.165, 1.54) is 0 Å². The van der Waals surface area contributed by atoms with E-state index < -0.39 is 7.38 Å². The molecular weight excluding hydrogens is 148 g/mol. The first kappa shape index (κ1) is 8.63. The van der Waals surface area contributed by atoms with Crippen molar-refractivity contribution in [3.8, 4) is 22.9 Å². The maximum atomic E-state index is 5.93. The van der Waals surface area contributed by atoms with E-state index in [2.05, 4.69) is 22.9 Å². The molecule has 9 heavy (non-hydrogen) atoms. The fourth-order valence-corrected chi connectivity index (χ4v) is 2.07. The molecule has 0 saturated heterocycles. The molecule has 0 atom stereocenters. The smallest absolute Gasteiger partial charge is 0.133 e. The first-order valence-corrected chi connectivity index (χ1v) is 6.20. The summed E-state index contributed by atoms with van der Waals surface area (Å²) in [7, 11) is -1.95. The van der Waals surface area contributed by atoms with Gasteiger partial charge in [-0.3, -0.25) is 0 Å². The third-order valence-corrected chi connectivity index (χ3v) is 2.73. The fraction of sp³-hybridized carbons (Fsp3) is 0.429. The second kappa shape index (κ2) is 3.61. The highest BCUT2D eigenvalue weighted by Gasteiger charge is 2.16. The SMILES string of the molecule is CC#C[Si](C)(Cl)C#CC. The van der Waals surface area contributed by atoms with Crippen molar-refractivity contribution in [1.29, 1.82) is 0 Å². The predicted octanol–water partition coefficient (Wildman–Crippen LogP) is 1.93. The summed E-state index contributed by atoms with van der Waals surface area (Å²) < 4.78 is 0. The standard InChI is InChI=1S/C7H9ClSi/c1-4-6-9(3,8)7-5-2/h1-3H3. The van der Waals surface area contributed by atoms with Gasteiger partial charge in [-0.2, -0.15) is 0 Å². The second-order valence-electron chi connectivity index (χ2n) is 1.75. The minimum absolute atomic E-state index is 1.78. The third kappa shape index (κ3) is 4.15. The maximum Gasteiger partial charge on any atom is 0.304 e. The number of rotatable bonds is 0. The molecule has 0 unspecified atom stereocenters. The summed E-state index contributed by atoms with van der Waals surface area (Å²) in [6, 6.07) is 0. The Kier molecular flexibility index (Phi) is 3.46. The molecule has 0 aliphatic carbocycles. The normalized spacial score (nSPS) is 8.44. The lowest BCUT2D eigenvalue weighted by Crippen LogP contribution is -2.16. The van der Waals surface area contributed by atoms with Gasteiger partial charge in [0.1, 0.15) is 0 Å². The molecule has 2 heteroatoms. The Morgan fingerprint density at radius 1 is 1.11 bits per heavy atom. The monoisotopic (exact) mass is 156 g/mol. The average molecular weight is 157 g/mol. The Labute approximate surface area is 62.3 Å². The topological polar surface area (TPSA) is 0 Å². The Morgan fingerprint density at radius 2 is 1.44 bits per heavy atom. The van der Waals surface area contributed by atoms with Gasteiger partial charge in [-0.25, -0.2) is 0 Å². The van der Waals surface area contributed by atoms with Crippen LogP contribution in [0.15, 0.2) is 0 Å². The van der Waals surface area contributed by atoms with Crippen molar-refractivity contribution in [3.63, 3.8) is 0 Å². The van der Waals surface area contributed by atoms with Crippen LogP contribution in [0, 0.1) is 22.9 Å². The van der Waals surface area contributed by atoms with E-state index in [0.717, 1.165) is 0 Å². The van der Waals surface area contributed by atoms with Gasteiger partial charge in [-0.05, 0) is 20.4 Å². The van der Waals surface area contributed by atoms with E-state index in [9.17, 15) is 0 Å². The van der Waals surface area contributed by atoms with E-state index in [1.54, 1.807) is 13.8 Å². The van der Waals surface area contributed by atoms with Crippen molar-refractivity contribution >= 4 is 18.5 Å². The molecule has 0 nitrogen and oxygen atoms in total. The first-order valence-electron chi connectivity index (χ1n) is 2.69. The highest BCUT2D eigenvalue weighted by atomic mass is 35.6. The lowest BCUT2D eigenvalue weighted by atomic mass is 10.8. The zero-order chi connectivity index (χ0) is 7.33. The van der Waals surface area contributed by atoms with Gasteiger partial charge in [0.05, 0.1) is 0 Å². The van der Waals surface area contributed by atoms with Crippen LogP contribution in [0.3, 0.4) is 0 Å². The molecule has 0 aromatic rings. The molecule has 48 valence electrons. The van der Waals surface area contributed by atoms with Crippen molar-refractivity contribution in [2.45, 2.75) is 20.4 Å². The van der Waals surface area contributed by atoms with E-state index >= 15 is 0 Å². The number of halogens is 1. The van der Waals surface area contributed by atoms with E-state index in [0.29, 0.717) is 0 Å². The Bertz CT molecular complexity index is 174. The highest BCUT2D eigenvalue weighted by molar-refractivity contribution is 7.28. The van der Waals surface area contributed by atoms with Gasteiger partial charge in [0.25, 0.3) is 0 Å². The van der Waals surface area contributed by atoms with Gasteiger partial charge in [-0.15, -0.1) is 22.9 Å². The summed E-state index contributed by atoms with van der Waals surface area (Å²) >= 11 is 5.93. The zero-order valence-corrected chi connectivity index (χ0v) is 7.63. The van der Waals surface area contributed by atoms with Crippen molar-refractivity contribution in [2.24, 2.45) is 0 Å². The number of hydrogen-bond donors (Lipinski definition) is 0. The van der Waals surface area contributed by atoms with E-state index in [4.69, 9.17) is 11.1 Å². The summed E-state index contributed by atoms with van der Waals surface area (Å²) in [5, 5.41) is 0. The minimum atomic E-state index is -1.95. The summed E-state index contributed by atoms with van der Waals surface area (Å²) in [5.41, 5.74) is 5.81. The molecule has 0 bridgehead atoms. The molecule has 0 aromatic carbocycles. The molecular formula is C7H9ClSi. The van der Waals surface area contributed by atoms with Gasteiger partial charge in [0.15, 0.2) is 0 Å². The van der Waals surface area contributed by atoms with Gasteiger partial charge < -0.3 is 0 Å². The van der Waals surface area contributed by atoms with Crippen molar-refractivity contribution < 1.29 is 0 Å². The summed E-state index contributed by atoms with van der Waals surface area (Å²) in [5.74, 6) is 5.54. The fourth-order valence-electron chi connectivity index (χ4n) is 0.501. The van der Waals surface area contributed by atoms with Crippen LogP contribution in [0.1, 0.15) is 13.8 Å². The molecule has 0 radical (unpaired) electrons. The highest BCUT2D eigenvalue weighted by Crippen LogP contribution is 2.03. The zero-order valence-electron chi connectivity index (χ0n) is 5.88. The van der Waals surface area contributed by atoms with E-state index in [1.807, 2.05) is 6.55 Å². The van der Waals surface area contributed by atoms with Crippen LogP contribution >= 0.6 is 11.1 Å². The van der Waals surface area contributed by atoms with Crippen molar-refractivity contribution in [2.75, 3.05) is 0 Å². The summed E-state index contributed by atoms with van der Waals surface area (Å²) in [6.07, 6.45) is 0. The van der Waals surface area contributed by atoms with Crippen molar-refractivity contribution in [3.05, 3.63) is 0 Å². The van der Waals surface area contributed by atoms with Gasteiger partial charge >= 0.3 is 7.38 Å². The Hall–Kier alpha value is -0.373. The number of hydrogen-bond acceptors (Lipinski definition) is 0. The second-order valence-corrected chi connectivity index (χ2v) is 6.53. The van der Waals surface area contributed by atoms with Crippen LogP contribution < -0.4 is 0 Å². The van der Waals surface area contributed by atoms with Crippen LogP contribution in [-0.4, -0.2) is 7.38 Å². The van der Waals surface area contributed by atoms with Crippen LogP contribution in [0.25, 0.3) is 0 Å². The summed E-state index contributed by atoms with van der Waals surface area (Å²) in [6.45, 7) is 5.48. The molecule has 0 fully saturated rings. The van der Waals surface area contributed by atoms with E-state index in [-0.39, 0.29) is 0 Å². The third-order valence-electron chi connectivity index (χ3n) is 0.719. The van der Waals surface area contributed by atoms with Crippen LogP contribution in [0.2, 0.25) is 6.55 Å². The van der Waals surface area contributed by atoms with Gasteiger partial charge in [-0.1, -0.05) is 11.1 Å². The molecule has 0 saturated carbocycles. The Balaban J connectivity index is 4.26. The van der Waals surface area contributed by atoms with Crippen LogP contribution in [-0.2, 0) is 0 Å². The van der Waals surface area contributed by atoms with Crippen LogP contribution in [0.5, 0.6) is 0 Å². The quantitative estimate of drug-likeness (QED) is 0.286. The molecule has 0 N–H and O–H groups in total. The lowest BCUT2D eigenvalue weighted by molar-refractivity contribution is 1.91. The van der Waals surface area contributed by atoms with Crippen LogP contribution in [0.4, 0.5) is 0 Å². The van der Waals surface area contributed by atoms with Gasteiger partial charge in [0, 0.05) is 0 Å². The molecule has 0 amide bonds. The molecule has 0 spiro atoms. The Morgan fingerprint density at radius 3 is 1.67 bits per heavy atom. The maximum absolute atomic E-state index is 5.93. The molecule has 0 aliphatic rings. The van der Waals surface area contributed by atoms with Gasteiger partial charge in [0.2, 0.25) is 0 Å². The first-order chi connectivity index (χ1) is 4.12. The average Bonchev–Trinajstić information content (AvgIpc) is 1.64. The lowest BCUT2D eigenvalue weighted by Gasteiger charge is -1.98. The molecule has 0 aliphatic heterocycles. The molecule has 0 aromatic heterocycles. The largest absolute Gasteiger partial charge is 0.304 e. The minimum Gasteiger partial charge on any atom is -0.133 e. The van der Waals surface area contributed by atoms with Crippen molar-refractivity contribution in [1.82, 2.24) is 0 Å². The molecule has 0 heterocycles. The molecule has 0 rings (SSSR count). The predicted molar refractivity (Wildman–Crippen MR) is 44.4 cm³/mol. The summed E-state index contributed by atoms with van der Waals surface area (Å²) in [4.78, 5) is 0.